The molecule has 0 atom stereocenters. The molecular weight excluding hydrogens is 298 g/mol. The predicted octanol–water partition coefficient (Wildman–Crippen LogP) is 3.47. The smallest absolute Gasteiger partial charge is 0.320 e. The normalized spacial score (nSPS) is 16.2. The van der Waals surface area contributed by atoms with Crippen molar-refractivity contribution < 1.29 is 14.7 Å². The van der Waals surface area contributed by atoms with Gasteiger partial charge in [-0.2, -0.15) is 0 Å². The molecule has 1 fully saturated rings. The van der Waals surface area contributed by atoms with Crippen LogP contribution in [-0.2, 0) is 16.0 Å². The number of aromatic nitrogens is 1. The van der Waals surface area contributed by atoms with Crippen LogP contribution in [0.15, 0.2) is 35.4 Å². The number of hydrogen-bond donors (Lipinski definition) is 1. The number of aliphatic carboxylic acids is 1. The van der Waals surface area contributed by atoms with Crippen molar-refractivity contribution in [1.82, 2.24) is 4.98 Å². The predicted molar refractivity (Wildman–Crippen MR) is 86.2 cm³/mol. The number of Topliss-reactive ketones (excluding diaryl/α,β-unsaturated/α-hetero) is 1. The number of carboxylic acids is 1. The van der Waals surface area contributed by atoms with Gasteiger partial charge < -0.3 is 5.11 Å². The molecule has 22 heavy (non-hydrogen) atoms. The summed E-state index contributed by atoms with van der Waals surface area (Å²) in [6, 6.07) is 7.63. The molecule has 1 aromatic carbocycles. The van der Waals surface area contributed by atoms with Crippen molar-refractivity contribution in [2.75, 3.05) is 0 Å². The van der Waals surface area contributed by atoms with Crippen LogP contribution in [0.2, 0.25) is 0 Å². The second kappa shape index (κ2) is 5.72. The quantitative estimate of drug-likeness (QED) is 0.915. The molecule has 1 heterocycles. The fourth-order valence-electron chi connectivity index (χ4n) is 2.72. The highest BCUT2D eigenvalue weighted by Crippen LogP contribution is 2.49. The van der Waals surface area contributed by atoms with Gasteiger partial charge in [0.15, 0.2) is 0 Å². The maximum atomic E-state index is 11.6. The van der Waals surface area contributed by atoms with Crippen LogP contribution in [0.5, 0.6) is 0 Å². The molecule has 2 aromatic rings. The number of carboxylic acid groups (broad SMARTS) is 1. The molecule has 0 saturated heterocycles. The van der Waals surface area contributed by atoms with Gasteiger partial charge in [0.2, 0.25) is 0 Å². The zero-order valence-electron chi connectivity index (χ0n) is 12.3. The third-order valence-electron chi connectivity index (χ3n) is 4.08. The zero-order valence-corrected chi connectivity index (χ0v) is 13.2. The topological polar surface area (TPSA) is 67.3 Å². The number of ketones is 1. The van der Waals surface area contributed by atoms with E-state index in [0.717, 1.165) is 27.8 Å². The summed E-state index contributed by atoms with van der Waals surface area (Å²) in [5.74, 6) is -0.632. The molecule has 0 spiro atoms. The molecule has 0 amide bonds. The van der Waals surface area contributed by atoms with Crippen molar-refractivity contribution in [3.05, 3.63) is 36.0 Å². The highest BCUT2D eigenvalue weighted by atomic mass is 32.2. The van der Waals surface area contributed by atoms with Gasteiger partial charge in [0.25, 0.3) is 0 Å². The summed E-state index contributed by atoms with van der Waals surface area (Å²) in [5.41, 5.74) is 1.77. The van der Waals surface area contributed by atoms with Crippen molar-refractivity contribution in [1.29, 1.82) is 0 Å². The van der Waals surface area contributed by atoms with Gasteiger partial charge in [0, 0.05) is 22.9 Å². The molecular formula is C17H17NO3S. The van der Waals surface area contributed by atoms with E-state index in [2.05, 4.69) is 4.98 Å². The summed E-state index contributed by atoms with van der Waals surface area (Å²) < 4.78 is -0.704. The van der Waals surface area contributed by atoms with E-state index in [1.54, 1.807) is 13.1 Å². The number of carbonyl (C=O) groups is 2. The Morgan fingerprint density at radius 3 is 2.68 bits per heavy atom. The minimum Gasteiger partial charge on any atom is -0.480 e. The number of fused-ring (bicyclic) bond motifs is 1. The Balaban J connectivity index is 2.01. The highest BCUT2D eigenvalue weighted by molar-refractivity contribution is 8.01. The van der Waals surface area contributed by atoms with E-state index in [4.69, 9.17) is 0 Å². The van der Waals surface area contributed by atoms with E-state index in [9.17, 15) is 14.7 Å². The average molecular weight is 315 g/mol. The lowest BCUT2D eigenvalue weighted by atomic mass is 9.84. The van der Waals surface area contributed by atoms with Crippen LogP contribution in [-0.4, -0.2) is 26.6 Å². The molecule has 1 aliphatic carbocycles. The first kappa shape index (κ1) is 15.0. The lowest BCUT2D eigenvalue weighted by Gasteiger charge is -2.37. The monoisotopic (exact) mass is 315 g/mol. The molecule has 1 saturated carbocycles. The minimum absolute atomic E-state index is 0.110. The van der Waals surface area contributed by atoms with Gasteiger partial charge in [-0.1, -0.05) is 6.07 Å². The van der Waals surface area contributed by atoms with Gasteiger partial charge in [-0.05, 0) is 49.9 Å². The van der Waals surface area contributed by atoms with Crippen LogP contribution in [0.4, 0.5) is 0 Å². The van der Waals surface area contributed by atoms with E-state index in [1.165, 1.54) is 11.8 Å². The lowest BCUT2D eigenvalue weighted by molar-refractivity contribution is -0.142. The lowest BCUT2D eigenvalue weighted by Crippen LogP contribution is -2.41. The summed E-state index contributed by atoms with van der Waals surface area (Å²) in [4.78, 5) is 28.1. The van der Waals surface area contributed by atoms with E-state index in [1.807, 2.05) is 24.3 Å². The molecule has 0 aliphatic heterocycles. The Labute approximate surface area is 132 Å². The Hall–Kier alpha value is -1.88. The van der Waals surface area contributed by atoms with Gasteiger partial charge in [0.1, 0.15) is 10.5 Å². The number of pyridine rings is 1. The second-order valence-electron chi connectivity index (χ2n) is 5.79. The number of nitrogens with zero attached hydrogens (tertiary/aromatic N) is 1. The van der Waals surface area contributed by atoms with Gasteiger partial charge in [-0.15, -0.1) is 11.8 Å². The van der Waals surface area contributed by atoms with Crippen molar-refractivity contribution >= 4 is 34.4 Å². The maximum absolute atomic E-state index is 11.6. The standard InChI is InChI=1S/C17H17NO3S/c1-11(19)9-12-3-4-14-13(10-12)15(5-8-18-14)22-17(16(20)21)6-2-7-17/h3-5,8,10H,2,6-7,9H2,1H3,(H,20,21). The molecule has 4 nitrogen and oxygen atoms in total. The van der Waals surface area contributed by atoms with Crippen LogP contribution in [0, 0.1) is 0 Å². The molecule has 0 unspecified atom stereocenters. The Morgan fingerprint density at radius 1 is 1.32 bits per heavy atom. The first-order valence-corrected chi connectivity index (χ1v) is 8.11. The van der Waals surface area contributed by atoms with Crippen LogP contribution < -0.4 is 0 Å². The van der Waals surface area contributed by atoms with Gasteiger partial charge in [-0.25, -0.2) is 0 Å². The van der Waals surface area contributed by atoms with Crippen molar-refractivity contribution in [3.8, 4) is 0 Å². The molecule has 0 bridgehead atoms. The van der Waals surface area contributed by atoms with Crippen molar-refractivity contribution in [2.24, 2.45) is 0 Å². The summed E-state index contributed by atoms with van der Waals surface area (Å²) in [6.07, 6.45) is 4.45. The zero-order chi connectivity index (χ0) is 15.7. The van der Waals surface area contributed by atoms with Gasteiger partial charge in [-0.3, -0.25) is 14.6 Å². The molecule has 1 aliphatic rings. The third kappa shape index (κ3) is 2.73. The summed E-state index contributed by atoms with van der Waals surface area (Å²) in [6.45, 7) is 1.57. The minimum atomic E-state index is -0.742. The van der Waals surface area contributed by atoms with Gasteiger partial charge >= 0.3 is 5.97 Å². The second-order valence-corrected chi connectivity index (χ2v) is 7.22. The fraction of sp³-hybridized carbons (Fsp3) is 0.353. The Bertz CT molecular complexity index is 753. The van der Waals surface area contributed by atoms with E-state index >= 15 is 0 Å². The van der Waals surface area contributed by atoms with Crippen molar-refractivity contribution in [2.45, 2.75) is 42.2 Å². The molecule has 1 aromatic heterocycles. The number of carbonyl (C=O) groups excluding carboxylic acids is 1. The Kier molecular flexibility index (Phi) is 3.91. The number of thioether (sulfide) groups is 1. The summed E-state index contributed by atoms with van der Waals surface area (Å²) in [5, 5.41) is 10.4. The van der Waals surface area contributed by atoms with Gasteiger partial charge in [0.05, 0.1) is 5.52 Å². The SMILES string of the molecule is CC(=O)Cc1ccc2nccc(SC3(C(=O)O)CCC3)c2c1. The van der Waals surface area contributed by atoms with Crippen LogP contribution in [0.3, 0.4) is 0 Å². The van der Waals surface area contributed by atoms with E-state index in [0.29, 0.717) is 19.3 Å². The van der Waals surface area contributed by atoms with E-state index in [-0.39, 0.29) is 5.78 Å². The molecule has 5 heteroatoms. The van der Waals surface area contributed by atoms with Crippen LogP contribution in [0.25, 0.3) is 10.9 Å². The first-order valence-electron chi connectivity index (χ1n) is 7.30. The average Bonchev–Trinajstić information content (AvgIpc) is 2.42. The number of hydrogen-bond acceptors (Lipinski definition) is 4. The summed E-state index contributed by atoms with van der Waals surface area (Å²) >= 11 is 1.42. The molecule has 1 N–H and O–H groups in total. The number of benzene rings is 1. The van der Waals surface area contributed by atoms with E-state index < -0.39 is 10.7 Å². The van der Waals surface area contributed by atoms with Crippen LogP contribution in [0.1, 0.15) is 31.7 Å². The molecule has 114 valence electrons. The molecule has 0 radical (unpaired) electrons. The Morgan fingerprint density at radius 2 is 2.09 bits per heavy atom. The largest absolute Gasteiger partial charge is 0.480 e. The molecule has 3 rings (SSSR count). The highest BCUT2D eigenvalue weighted by Gasteiger charge is 2.45. The third-order valence-corrected chi connectivity index (χ3v) is 5.62. The first-order chi connectivity index (χ1) is 10.5. The van der Waals surface area contributed by atoms with Crippen LogP contribution >= 0.6 is 11.8 Å². The fourth-order valence-corrected chi connectivity index (χ4v) is 4.13. The van der Waals surface area contributed by atoms with Crippen molar-refractivity contribution in [3.63, 3.8) is 0 Å². The maximum Gasteiger partial charge on any atom is 0.320 e. The summed E-state index contributed by atoms with van der Waals surface area (Å²) in [7, 11) is 0. The number of rotatable bonds is 5.